The molecule has 2 rings (SSSR count). The first-order valence-corrected chi connectivity index (χ1v) is 8.25. The van der Waals surface area contributed by atoms with Gasteiger partial charge < -0.3 is 4.74 Å². The molecule has 0 aliphatic carbocycles. The Hall–Kier alpha value is -2.29. The number of nitro groups is 1. The molecule has 1 N–H and O–H groups in total. The number of rotatable bonds is 9. The number of nitrogens with one attached hydrogen (secondary N) is 1. The van der Waals surface area contributed by atoms with Gasteiger partial charge in [-0.3, -0.25) is 14.7 Å². The molecular formula is C14H18N4O4S. The number of hydrogen-bond acceptors (Lipinski definition) is 6. The smallest absolute Gasteiger partial charge is 0.343 e. The Morgan fingerprint density at radius 2 is 2.13 bits per heavy atom. The molecule has 0 saturated heterocycles. The lowest BCUT2D eigenvalue weighted by molar-refractivity contribution is -0.384. The van der Waals surface area contributed by atoms with Crippen LogP contribution in [0.5, 0.6) is 5.75 Å². The molecule has 0 radical (unpaired) electrons. The van der Waals surface area contributed by atoms with E-state index in [2.05, 4.69) is 10.2 Å². The standard InChI is InChI=1S/C14H18N4O4S/c1-2-8-17-13(19)15-16-14(17)23-10-3-9-22-12-6-4-11(5-7-12)18(20)21/h4-7H,2-3,8-10H2,1H3,(H,15,19). The summed E-state index contributed by atoms with van der Waals surface area (Å²) in [5.41, 5.74) is -0.142. The van der Waals surface area contributed by atoms with Crippen LogP contribution in [0.25, 0.3) is 0 Å². The summed E-state index contributed by atoms with van der Waals surface area (Å²) in [4.78, 5) is 21.6. The van der Waals surface area contributed by atoms with Gasteiger partial charge in [0, 0.05) is 24.4 Å². The molecule has 124 valence electrons. The largest absolute Gasteiger partial charge is 0.494 e. The number of nitro benzene ring substituents is 1. The minimum absolute atomic E-state index is 0.0420. The predicted octanol–water partition coefficient (Wildman–Crippen LogP) is 2.45. The summed E-state index contributed by atoms with van der Waals surface area (Å²) in [7, 11) is 0. The van der Waals surface area contributed by atoms with Crippen molar-refractivity contribution >= 4 is 17.4 Å². The molecule has 1 heterocycles. The first-order valence-electron chi connectivity index (χ1n) is 7.27. The zero-order valence-corrected chi connectivity index (χ0v) is 13.5. The number of hydrogen-bond donors (Lipinski definition) is 1. The molecule has 0 amide bonds. The number of ether oxygens (including phenoxy) is 1. The monoisotopic (exact) mass is 338 g/mol. The second-order valence-electron chi connectivity index (χ2n) is 4.76. The van der Waals surface area contributed by atoms with Crippen LogP contribution in [-0.4, -0.2) is 32.0 Å². The fourth-order valence-corrected chi connectivity index (χ4v) is 2.80. The minimum Gasteiger partial charge on any atom is -0.494 e. The van der Waals surface area contributed by atoms with Crippen molar-refractivity contribution in [3.63, 3.8) is 0 Å². The van der Waals surface area contributed by atoms with Crippen molar-refractivity contribution in [3.05, 3.63) is 44.9 Å². The summed E-state index contributed by atoms with van der Waals surface area (Å²) >= 11 is 1.50. The minimum atomic E-state index is -0.444. The lowest BCUT2D eigenvalue weighted by Crippen LogP contribution is -2.17. The van der Waals surface area contributed by atoms with E-state index in [0.29, 0.717) is 24.1 Å². The molecule has 23 heavy (non-hydrogen) atoms. The Bertz CT molecular complexity index is 696. The van der Waals surface area contributed by atoms with Gasteiger partial charge in [-0.1, -0.05) is 18.7 Å². The normalized spacial score (nSPS) is 10.7. The quantitative estimate of drug-likeness (QED) is 0.326. The van der Waals surface area contributed by atoms with Gasteiger partial charge in [-0.15, -0.1) is 5.10 Å². The Kier molecular flexibility index (Phi) is 6.21. The van der Waals surface area contributed by atoms with Gasteiger partial charge in [0.2, 0.25) is 0 Å². The zero-order chi connectivity index (χ0) is 16.7. The highest BCUT2D eigenvalue weighted by Crippen LogP contribution is 2.18. The molecule has 9 heteroatoms. The molecule has 0 aliphatic rings. The van der Waals surface area contributed by atoms with E-state index in [0.717, 1.165) is 18.6 Å². The van der Waals surface area contributed by atoms with E-state index >= 15 is 0 Å². The van der Waals surface area contributed by atoms with Crippen LogP contribution in [-0.2, 0) is 6.54 Å². The second kappa shape index (κ2) is 8.37. The maximum atomic E-state index is 11.5. The molecule has 0 unspecified atom stereocenters. The van der Waals surface area contributed by atoms with E-state index in [1.807, 2.05) is 6.92 Å². The highest BCUT2D eigenvalue weighted by molar-refractivity contribution is 7.99. The molecular weight excluding hydrogens is 320 g/mol. The first-order chi connectivity index (χ1) is 11.1. The average molecular weight is 338 g/mol. The average Bonchev–Trinajstić information content (AvgIpc) is 2.89. The Labute approximate surface area is 137 Å². The van der Waals surface area contributed by atoms with E-state index in [4.69, 9.17) is 4.74 Å². The van der Waals surface area contributed by atoms with Gasteiger partial charge in [-0.2, -0.15) is 0 Å². The molecule has 0 atom stereocenters. The maximum absolute atomic E-state index is 11.5. The molecule has 2 aromatic rings. The summed E-state index contributed by atoms with van der Waals surface area (Å²) < 4.78 is 7.16. The first kappa shape index (κ1) is 17.1. The number of aromatic nitrogens is 3. The fraction of sp³-hybridized carbons (Fsp3) is 0.429. The van der Waals surface area contributed by atoms with Gasteiger partial charge in [0.05, 0.1) is 11.5 Å². The van der Waals surface area contributed by atoms with Crippen LogP contribution in [0.4, 0.5) is 5.69 Å². The van der Waals surface area contributed by atoms with Gasteiger partial charge in [0.25, 0.3) is 5.69 Å². The molecule has 1 aromatic carbocycles. The predicted molar refractivity (Wildman–Crippen MR) is 87.1 cm³/mol. The van der Waals surface area contributed by atoms with Gasteiger partial charge in [-0.25, -0.2) is 9.89 Å². The Morgan fingerprint density at radius 1 is 1.39 bits per heavy atom. The van der Waals surface area contributed by atoms with Crippen LogP contribution in [0.3, 0.4) is 0 Å². The number of aromatic amines is 1. The number of nitrogens with zero attached hydrogens (tertiary/aromatic N) is 3. The summed E-state index contributed by atoms with van der Waals surface area (Å²) in [5.74, 6) is 1.37. The van der Waals surface area contributed by atoms with Gasteiger partial charge >= 0.3 is 5.69 Å². The van der Waals surface area contributed by atoms with Crippen LogP contribution in [0.1, 0.15) is 19.8 Å². The zero-order valence-electron chi connectivity index (χ0n) is 12.7. The van der Waals surface area contributed by atoms with Gasteiger partial charge in [-0.05, 0) is 25.0 Å². The van der Waals surface area contributed by atoms with Crippen LogP contribution in [0.15, 0.2) is 34.2 Å². The molecule has 0 saturated carbocycles. The van der Waals surface area contributed by atoms with Crippen LogP contribution < -0.4 is 10.4 Å². The van der Waals surface area contributed by atoms with Gasteiger partial charge in [0.1, 0.15) is 5.75 Å². The van der Waals surface area contributed by atoms with Crippen LogP contribution in [0, 0.1) is 10.1 Å². The molecule has 8 nitrogen and oxygen atoms in total. The van der Waals surface area contributed by atoms with Gasteiger partial charge in [0.15, 0.2) is 5.16 Å². The van der Waals surface area contributed by atoms with Crippen molar-refractivity contribution in [2.75, 3.05) is 12.4 Å². The van der Waals surface area contributed by atoms with Crippen molar-refractivity contribution < 1.29 is 9.66 Å². The van der Waals surface area contributed by atoms with Crippen molar-refractivity contribution in [2.24, 2.45) is 0 Å². The third kappa shape index (κ3) is 4.85. The molecule has 0 aliphatic heterocycles. The van der Waals surface area contributed by atoms with Crippen molar-refractivity contribution in [2.45, 2.75) is 31.5 Å². The van der Waals surface area contributed by atoms with Crippen molar-refractivity contribution in [1.29, 1.82) is 0 Å². The van der Waals surface area contributed by atoms with E-state index in [1.54, 1.807) is 16.7 Å². The highest BCUT2D eigenvalue weighted by atomic mass is 32.2. The summed E-state index contributed by atoms with van der Waals surface area (Å²) in [6.45, 7) is 3.15. The second-order valence-corrected chi connectivity index (χ2v) is 5.83. The maximum Gasteiger partial charge on any atom is 0.343 e. The molecule has 0 fully saturated rings. The third-order valence-corrected chi connectivity index (χ3v) is 4.07. The Balaban J connectivity index is 1.73. The van der Waals surface area contributed by atoms with Crippen LogP contribution in [0.2, 0.25) is 0 Å². The molecule has 0 bridgehead atoms. The van der Waals surface area contributed by atoms with E-state index < -0.39 is 4.92 Å². The number of non-ortho nitro benzene ring substituents is 1. The number of H-pyrrole nitrogens is 1. The lowest BCUT2D eigenvalue weighted by Gasteiger charge is -2.06. The summed E-state index contributed by atoms with van der Waals surface area (Å²) in [5, 5.41) is 17.7. The molecule has 1 aromatic heterocycles. The highest BCUT2D eigenvalue weighted by Gasteiger charge is 2.08. The topological polar surface area (TPSA) is 103 Å². The summed E-state index contributed by atoms with van der Waals surface area (Å²) in [6, 6.07) is 5.99. The fourth-order valence-electron chi connectivity index (χ4n) is 1.91. The van der Waals surface area contributed by atoms with E-state index in [1.165, 1.54) is 23.9 Å². The van der Waals surface area contributed by atoms with E-state index in [9.17, 15) is 14.9 Å². The lowest BCUT2D eigenvalue weighted by atomic mass is 10.3. The Morgan fingerprint density at radius 3 is 2.78 bits per heavy atom. The van der Waals surface area contributed by atoms with Crippen molar-refractivity contribution in [1.82, 2.24) is 14.8 Å². The van der Waals surface area contributed by atoms with E-state index in [-0.39, 0.29) is 11.4 Å². The number of thioether (sulfide) groups is 1. The van der Waals surface area contributed by atoms with Crippen LogP contribution >= 0.6 is 11.8 Å². The summed E-state index contributed by atoms with van der Waals surface area (Å²) in [6.07, 6.45) is 1.64. The SMILES string of the molecule is CCCn1c(SCCCOc2ccc([N+](=O)[O-])cc2)n[nH]c1=O. The number of benzene rings is 1. The molecule has 0 spiro atoms. The third-order valence-electron chi connectivity index (χ3n) is 3.01. The van der Waals surface area contributed by atoms with Crippen molar-refractivity contribution in [3.8, 4) is 5.75 Å².